The minimum atomic E-state index is -1.12. The summed E-state index contributed by atoms with van der Waals surface area (Å²) in [7, 11) is 4.44. The molecule has 186 valence electrons. The van der Waals surface area contributed by atoms with Crippen LogP contribution in [0.5, 0.6) is 5.75 Å². The zero-order chi connectivity index (χ0) is 26.6. The summed E-state index contributed by atoms with van der Waals surface area (Å²) in [5, 5.41) is 10.1. The first-order chi connectivity index (χ1) is 17.2. The van der Waals surface area contributed by atoms with E-state index in [0.29, 0.717) is 5.56 Å². The van der Waals surface area contributed by atoms with Gasteiger partial charge in [-0.1, -0.05) is 30.3 Å². The van der Waals surface area contributed by atoms with Crippen molar-refractivity contribution in [2.24, 2.45) is 5.73 Å². The van der Waals surface area contributed by atoms with E-state index in [-0.39, 0.29) is 28.4 Å². The van der Waals surface area contributed by atoms with Gasteiger partial charge in [-0.3, -0.25) is 4.90 Å². The highest BCUT2D eigenvalue weighted by Gasteiger charge is 2.44. The summed E-state index contributed by atoms with van der Waals surface area (Å²) in [4.78, 5) is 39.9. The highest BCUT2D eigenvalue weighted by atomic mass is 19.1. The normalized spacial score (nSPS) is 15.2. The first-order valence-corrected chi connectivity index (χ1v) is 10.4. The molecule has 11 heteroatoms. The molecule has 0 radical (unpaired) electrons. The molecule has 0 saturated carbocycles. The molecule has 0 saturated heterocycles. The van der Waals surface area contributed by atoms with E-state index >= 15 is 0 Å². The van der Waals surface area contributed by atoms with E-state index in [0.717, 1.165) is 38.4 Å². The molecule has 1 aliphatic rings. The number of nitrogens with two attached hydrogens (primary N) is 1. The average Bonchev–Trinajstić information content (AvgIpc) is 2.91. The molecule has 1 aliphatic heterocycles. The van der Waals surface area contributed by atoms with Crippen molar-refractivity contribution in [3.05, 3.63) is 82.1 Å². The number of nitrogens with zero attached hydrogens (tertiary/aromatic N) is 2. The molecular formula is C25H22FN3O7. The number of hydrogen-bond acceptors (Lipinski definition) is 10. The quantitative estimate of drug-likeness (QED) is 0.469. The van der Waals surface area contributed by atoms with Gasteiger partial charge in [-0.05, 0) is 11.6 Å². The van der Waals surface area contributed by atoms with Gasteiger partial charge in [0.15, 0.2) is 0 Å². The van der Waals surface area contributed by atoms with Crippen molar-refractivity contribution >= 4 is 23.6 Å². The number of rotatable bonds is 6. The van der Waals surface area contributed by atoms with E-state index in [2.05, 4.69) is 0 Å². The van der Waals surface area contributed by atoms with Crippen LogP contribution in [0.3, 0.4) is 0 Å². The number of hydrogen-bond donors (Lipinski definition) is 1. The van der Waals surface area contributed by atoms with E-state index < -0.39 is 40.9 Å². The Kier molecular flexibility index (Phi) is 7.59. The number of esters is 3. The van der Waals surface area contributed by atoms with E-state index in [1.165, 1.54) is 7.11 Å². The SMILES string of the molecule is COC(=O)C1=C(C(=O)OC)N(c2c(OC)cc(F)cc2C(=O)OC)C(N)=C(C#N)C1c1ccccc1. The molecule has 3 rings (SSSR count). The lowest BCUT2D eigenvalue weighted by Crippen LogP contribution is -2.41. The Morgan fingerprint density at radius 1 is 0.972 bits per heavy atom. The third-order valence-electron chi connectivity index (χ3n) is 5.50. The van der Waals surface area contributed by atoms with Crippen LogP contribution in [-0.2, 0) is 23.8 Å². The van der Waals surface area contributed by atoms with Crippen LogP contribution in [0.1, 0.15) is 21.8 Å². The Labute approximate surface area is 205 Å². The molecule has 0 amide bonds. The van der Waals surface area contributed by atoms with Gasteiger partial charge in [-0.15, -0.1) is 0 Å². The predicted molar refractivity (Wildman–Crippen MR) is 124 cm³/mol. The molecule has 2 aromatic rings. The largest absolute Gasteiger partial charge is 0.494 e. The lowest BCUT2D eigenvalue weighted by Gasteiger charge is -2.37. The summed E-state index contributed by atoms with van der Waals surface area (Å²) in [5.74, 6) is -5.54. The zero-order valence-electron chi connectivity index (χ0n) is 19.8. The first kappa shape index (κ1) is 25.8. The summed E-state index contributed by atoms with van der Waals surface area (Å²) in [6, 6.07) is 12.1. The second-order valence-corrected chi connectivity index (χ2v) is 7.33. The molecular weight excluding hydrogens is 473 g/mol. The lowest BCUT2D eigenvalue weighted by molar-refractivity contribution is -0.139. The lowest BCUT2D eigenvalue weighted by atomic mass is 9.80. The van der Waals surface area contributed by atoms with Gasteiger partial charge >= 0.3 is 17.9 Å². The van der Waals surface area contributed by atoms with Gasteiger partial charge in [0.25, 0.3) is 0 Å². The van der Waals surface area contributed by atoms with Crippen molar-refractivity contribution in [1.82, 2.24) is 0 Å². The Balaban J connectivity index is 2.55. The van der Waals surface area contributed by atoms with Crippen molar-refractivity contribution in [3.63, 3.8) is 0 Å². The fourth-order valence-corrected chi connectivity index (χ4v) is 3.97. The molecule has 2 N–H and O–H groups in total. The maximum atomic E-state index is 14.4. The summed E-state index contributed by atoms with van der Waals surface area (Å²) < 4.78 is 34.4. The fraction of sp³-hybridized carbons (Fsp3) is 0.200. The topological polar surface area (TPSA) is 141 Å². The molecule has 0 aromatic heterocycles. The molecule has 0 fully saturated rings. The Morgan fingerprint density at radius 2 is 1.58 bits per heavy atom. The van der Waals surface area contributed by atoms with Crippen LogP contribution in [-0.4, -0.2) is 46.3 Å². The van der Waals surface area contributed by atoms with Crippen molar-refractivity contribution in [1.29, 1.82) is 5.26 Å². The second kappa shape index (κ2) is 10.6. The van der Waals surface area contributed by atoms with Crippen LogP contribution in [0.4, 0.5) is 10.1 Å². The maximum absolute atomic E-state index is 14.4. The van der Waals surface area contributed by atoms with Crippen molar-refractivity contribution in [3.8, 4) is 11.8 Å². The average molecular weight is 495 g/mol. The van der Waals surface area contributed by atoms with Crippen LogP contribution in [0, 0.1) is 17.1 Å². The maximum Gasteiger partial charge on any atom is 0.355 e. The minimum Gasteiger partial charge on any atom is -0.494 e. The monoisotopic (exact) mass is 495 g/mol. The number of halogens is 1. The number of carbonyl (C=O) groups is 3. The van der Waals surface area contributed by atoms with Crippen LogP contribution in [0.2, 0.25) is 0 Å². The van der Waals surface area contributed by atoms with Crippen molar-refractivity contribution < 1.29 is 37.7 Å². The molecule has 0 aliphatic carbocycles. The van der Waals surface area contributed by atoms with E-state index in [1.54, 1.807) is 30.3 Å². The third kappa shape index (κ3) is 4.32. The molecule has 10 nitrogen and oxygen atoms in total. The smallest absolute Gasteiger partial charge is 0.355 e. The predicted octanol–water partition coefficient (Wildman–Crippen LogP) is 2.52. The van der Waals surface area contributed by atoms with Crippen molar-refractivity contribution in [2.45, 2.75) is 5.92 Å². The number of methoxy groups -OCH3 is 4. The molecule has 1 heterocycles. The molecule has 2 aromatic carbocycles. The number of anilines is 1. The number of ether oxygens (including phenoxy) is 4. The Bertz CT molecular complexity index is 1330. The van der Waals surface area contributed by atoms with E-state index in [9.17, 15) is 24.0 Å². The number of carbonyl (C=O) groups excluding carboxylic acids is 3. The van der Waals surface area contributed by atoms with Gasteiger partial charge in [-0.25, -0.2) is 18.8 Å². The Morgan fingerprint density at radius 3 is 2.11 bits per heavy atom. The van der Waals surface area contributed by atoms with E-state index in [4.69, 9.17) is 24.7 Å². The number of allylic oxidation sites excluding steroid dienone is 1. The molecule has 1 unspecified atom stereocenters. The molecule has 1 atom stereocenters. The van der Waals surface area contributed by atoms with Gasteiger partial charge in [0.05, 0.1) is 57.1 Å². The highest BCUT2D eigenvalue weighted by molar-refractivity contribution is 6.08. The first-order valence-electron chi connectivity index (χ1n) is 10.4. The minimum absolute atomic E-state index is 0.142. The van der Waals surface area contributed by atoms with Gasteiger partial charge < -0.3 is 24.7 Å². The van der Waals surface area contributed by atoms with Crippen LogP contribution in [0.25, 0.3) is 0 Å². The highest BCUT2D eigenvalue weighted by Crippen LogP contribution is 2.46. The van der Waals surface area contributed by atoms with Gasteiger partial charge in [0.2, 0.25) is 0 Å². The van der Waals surface area contributed by atoms with Crippen LogP contribution in [0.15, 0.2) is 65.1 Å². The molecule has 36 heavy (non-hydrogen) atoms. The van der Waals surface area contributed by atoms with E-state index in [1.807, 2.05) is 6.07 Å². The zero-order valence-corrected chi connectivity index (χ0v) is 19.8. The molecule has 0 spiro atoms. The molecule has 0 bridgehead atoms. The van der Waals surface area contributed by atoms with Crippen LogP contribution < -0.4 is 15.4 Å². The summed E-state index contributed by atoms with van der Waals surface area (Å²) in [5.41, 5.74) is 5.38. The summed E-state index contributed by atoms with van der Waals surface area (Å²) in [6.45, 7) is 0. The number of benzene rings is 2. The van der Waals surface area contributed by atoms with Gasteiger partial charge in [-0.2, -0.15) is 5.26 Å². The summed E-state index contributed by atoms with van der Waals surface area (Å²) in [6.07, 6.45) is 0. The summed E-state index contributed by atoms with van der Waals surface area (Å²) >= 11 is 0. The second-order valence-electron chi connectivity index (χ2n) is 7.33. The Hall–Kier alpha value is -4.85. The standard InChI is InChI=1S/C25H22FN3O7/c1-33-17-11-14(26)10-15(23(30)34-2)20(17)29-21(25(32)36-4)19(24(31)35-3)18(16(12-27)22(29)28)13-8-6-5-7-9-13/h5-11,18H,28H2,1-4H3. The fourth-order valence-electron chi connectivity index (χ4n) is 3.97. The third-order valence-corrected chi connectivity index (χ3v) is 5.50. The van der Waals surface area contributed by atoms with Gasteiger partial charge in [0, 0.05) is 6.07 Å². The van der Waals surface area contributed by atoms with Gasteiger partial charge in [0.1, 0.15) is 28.8 Å². The van der Waals surface area contributed by atoms with Crippen LogP contribution >= 0.6 is 0 Å². The van der Waals surface area contributed by atoms with Crippen molar-refractivity contribution in [2.75, 3.05) is 33.3 Å². The number of nitriles is 1.